The molecule has 6 nitrogen and oxygen atoms in total. The molecule has 2 heterocycles. The van der Waals surface area contributed by atoms with Gasteiger partial charge in [-0.1, -0.05) is 12.8 Å². The van der Waals surface area contributed by atoms with Gasteiger partial charge in [-0.25, -0.2) is 0 Å². The maximum Gasteiger partial charge on any atom is 0.191 e. The molecule has 27 heavy (non-hydrogen) atoms. The number of halogens is 1. The molecule has 7 heteroatoms. The molecule has 1 saturated heterocycles. The Labute approximate surface area is 180 Å². The SMILES string of the molecule is CCNC(=NCC(O)c1ccncc1)NC1CCN(C2CCCC2)CC1.I. The number of hydrogen-bond donors (Lipinski definition) is 3. The highest BCUT2D eigenvalue weighted by molar-refractivity contribution is 14.0. The summed E-state index contributed by atoms with van der Waals surface area (Å²) in [5, 5.41) is 17.2. The van der Waals surface area contributed by atoms with Gasteiger partial charge in [0.2, 0.25) is 0 Å². The number of aliphatic imine (C=N–C) groups is 1. The predicted molar refractivity (Wildman–Crippen MR) is 121 cm³/mol. The topological polar surface area (TPSA) is 72.8 Å². The molecular formula is C20H34IN5O. The zero-order chi connectivity index (χ0) is 18.2. The molecule has 1 atom stereocenters. The van der Waals surface area contributed by atoms with Crippen molar-refractivity contribution in [3.63, 3.8) is 0 Å². The molecule has 0 radical (unpaired) electrons. The van der Waals surface area contributed by atoms with Crippen LogP contribution in [0.3, 0.4) is 0 Å². The Hall–Kier alpha value is -0.930. The Balaban J connectivity index is 0.00000261. The van der Waals surface area contributed by atoms with Crippen molar-refractivity contribution in [1.82, 2.24) is 20.5 Å². The van der Waals surface area contributed by atoms with Crippen LogP contribution in [0, 0.1) is 0 Å². The largest absolute Gasteiger partial charge is 0.386 e. The molecule has 1 saturated carbocycles. The quantitative estimate of drug-likeness (QED) is 0.327. The van der Waals surface area contributed by atoms with Crippen LogP contribution in [0.1, 0.15) is 57.1 Å². The number of guanidine groups is 1. The molecule has 0 amide bonds. The van der Waals surface area contributed by atoms with Crippen LogP contribution in [0.15, 0.2) is 29.5 Å². The molecule has 152 valence electrons. The van der Waals surface area contributed by atoms with Gasteiger partial charge in [0.05, 0.1) is 12.6 Å². The van der Waals surface area contributed by atoms with Gasteiger partial charge in [0.25, 0.3) is 0 Å². The first-order valence-corrected chi connectivity index (χ1v) is 10.1. The summed E-state index contributed by atoms with van der Waals surface area (Å²) in [6.45, 7) is 5.60. The van der Waals surface area contributed by atoms with Crippen molar-refractivity contribution in [2.24, 2.45) is 4.99 Å². The minimum Gasteiger partial charge on any atom is -0.386 e. The molecule has 1 aromatic heterocycles. The van der Waals surface area contributed by atoms with Crippen LogP contribution < -0.4 is 10.6 Å². The lowest BCUT2D eigenvalue weighted by Gasteiger charge is -2.36. The second kappa shape index (κ2) is 11.8. The maximum absolute atomic E-state index is 10.3. The van der Waals surface area contributed by atoms with Crippen LogP contribution in [0.25, 0.3) is 0 Å². The van der Waals surface area contributed by atoms with Gasteiger partial charge >= 0.3 is 0 Å². The number of likely N-dealkylation sites (tertiary alicyclic amines) is 1. The summed E-state index contributed by atoms with van der Waals surface area (Å²) in [6, 6.07) is 4.95. The van der Waals surface area contributed by atoms with Gasteiger partial charge in [-0.3, -0.25) is 9.98 Å². The first-order chi connectivity index (χ1) is 12.8. The Morgan fingerprint density at radius 1 is 1.22 bits per heavy atom. The summed E-state index contributed by atoms with van der Waals surface area (Å²) >= 11 is 0. The smallest absolute Gasteiger partial charge is 0.191 e. The number of nitrogens with zero attached hydrogens (tertiary/aromatic N) is 3. The monoisotopic (exact) mass is 487 g/mol. The number of aromatic nitrogens is 1. The van der Waals surface area contributed by atoms with Crippen LogP contribution in [0.2, 0.25) is 0 Å². The van der Waals surface area contributed by atoms with E-state index < -0.39 is 6.10 Å². The van der Waals surface area contributed by atoms with E-state index in [4.69, 9.17) is 0 Å². The molecule has 1 aliphatic carbocycles. The van der Waals surface area contributed by atoms with Gasteiger partial charge in [0.1, 0.15) is 0 Å². The first kappa shape index (κ1) is 22.4. The van der Waals surface area contributed by atoms with Gasteiger partial charge in [0.15, 0.2) is 5.96 Å². The molecule has 3 rings (SSSR count). The van der Waals surface area contributed by atoms with Crippen molar-refractivity contribution in [3.05, 3.63) is 30.1 Å². The van der Waals surface area contributed by atoms with Crippen molar-refractivity contribution < 1.29 is 5.11 Å². The van der Waals surface area contributed by atoms with E-state index in [-0.39, 0.29) is 24.0 Å². The fourth-order valence-corrected chi connectivity index (χ4v) is 4.06. The molecule has 2 aliphatic rings. The average Bonchev–Trinajstić information content (AvgIpc) is 3.22. The van der Waals surface area contributed by atoms with Crippen LogP contribution in [-0.4, -0.2) is 59.2 Å². The van der Waals surface area contributed by atoms with Gasteiger partial charge in [-0.05, 0) is 50.3 Å². The summed E-state index contributed by atoms with van der Waals surface area (Å²) in [5.74, 6) is 0.805. The highest BCUT2D eigenvalue weighted by Crippen LogP contribution is 2.26. The molecule has 3 N–H and O–H groups in total. The second-order valence-corrected chi connectivity index (χ2v) is 7.41. The first-order valence-electron chi connectivity index (χ1n) is 10.1. The summed E-state index contributed by atoms with van der Waals surface area (Å²) in [7, 11) is 0. The van der Waals surface area contributed by atoms with Crippen molar-refractivity contribution in [1.29, 1.82) is 0 Å². The van der Waals surface area contributed by atoms with Crippen LogP contribution in [0.4, 0.5) is 0 Å². The minimum absolute atomic E-state index is 0. The number of pyridine rings is 1. The number of piperidine rings is 1. The molecule has 1 aromatic rings. The van der Waals surface area contributed by atoms with E-state index in [0.29, 0.717) is 12.6 Å². The number of rotatable bonds is 6. The molecule has 0 aromatic carbocycles. The van der Waals surface area contributed by atoms with E-state index >= 15 is 0 Å². The third-order valence-corrected chi connectivity index (χ3v) is 5.57. The third-order valence-electron chi connectivity index (χ3n) is 5.57. The number of hydrogen-bond acceptors (Lipinski definition) is 4. The van der Waals surface area contributed by atoms with Crippen molar-refractivity contribution in [3.8, 4) is 0 Å². The summed E-state index contributed by atoms with van der Waals surface area (Å²) in [5.41, 5.74) is 0.851. The van der Waals surface area contributed by atoms with Crippen molar-refractivity contribution in [2.75, 3.05) is 26.2 Å². The zero-order valence-corrected chi connectivity index (χ0v) is 18.6. The van der Waals surface area contributed by atoms with E-state index in [9.17, 15) is 5.11 Å². The second-order valence-electron chi connectivity index (χ2n) is 7.41. The molecule has 1 unspecified atom stereocenters. The highest BCUT2D eigenvalue weighted by atomic mass is 127. The van der Waals surface area contributed by atoms with Gasteiger partial charge in [0, 0.05) is 44.1 Å². The zero-order valence-electron chi connectivity index (χ0n) is 16.3. The molecule has 0 bridgehead atoms. The average molecular weight is 487 g/mol. The number of aliphatic hydroxyl groups is 1. The molecule has 2 fully saturated rings. The fraction of sp³-hybridized carbons (Fsp3) is 0.700. The normalized spacial score (nSPS) is 20.9. The predicted octanol–water partition coefficient (Wildman–Crippen LogP) is 2.70. The van der Waals surface area contributed by atoms with E-state index in [2.05, 4.69) is 32.4 Å². The van der Waals surface area contributed by atoms with E-state index in [1.165, 1.54) is 38.8 Å². The van der Waals surface area contributed by atoms with Crippen LogP contribution in [-0.2, 0) is 0 Å². The lowest BCUT2D eigenvalue weighted by Crippen LogP contribution is -2.50. The van der Waals surface area contributed by atoms with Crippen molar-refractivity contribution in [2.45, 2.75) is 63.6 Å². The lowest BCUT2D eigenvalue weighted by atomic mass is 10.0. The minimum atomic E-state index is -0.599. The third kappa shape index (κ3) is 6.87. The van der Waals surface area contributed by atoms with Crippen LogP contribution in [0.5, 0.6) is 0 Å². The molecule has 1 aliphatic heterocycles. The van der Waals surface area contributed by atoms with E-state index in [1.54, 1.807) is 12.4 Å². The van der Waals surface area contributed by atoms with E-state index in [0.717, 1.165) is 37.0 Å². The standard InChI is InChI=1S/C20H33N5O.HI/c1-2-22-20(23-15-19(26)16-7-11-21-12-8-16)24-17-9-13-25(14-10-17)18-5-3-4-6-18;/h7-8,11-12,17-19,26H,2-6,9-10,13-15H2,1H3,(H2,22,23,24);1H. The summed E-state index contributed by atoms with van der Waals surface area (Å²) in [4.78, 5) is 11.3. The number of aliphatic hydroxyl groups excluding tert-OH is 1. The Morgan fingerprint density at radius 3 is 2.52 bits per heavy atom. The van der Waals surface area contributed by atoms with Crippen LogP contribution >= 0.6 is 24.0 Å². The molecule has 0 spiro atoms. The highest BCUT2D eigenvalue weighted by Gasteiger charge is 2.27. The van der Waals surface area contributed by atoms with Gasteiger partial charge < -0.3 is 20.6 Å². The fourth-order valence-electron chi connectivity index (χ4n) is 4.06. The Bertz CT molecular complexity index is 557. The Kier molecular flexibility index (Phi) is 9.78. The van der Waals surface area contributed by atoms with Crippen molar-refractivity contribution >= 4 is 29.9 Å². The van der Waals surface area contributed by atoms with Gasteiger partial charge in [-0.2, -0.15) is 0 Å². The lowest BCUT2D eigenvalue weighted by molar-refractivity contribution is 0.150. The maximum atomic E-state index is 10.3. The summed E-state index contributed by atoms with van der Waals surface area (Å²) < 4.78 is 0. The van der Waals surface area contributed by atoms with E-state index in [1.807, 2.05) is 12.1 Å². The van der Waals surface area contributed by atoms with Gasteiger partial charge in [-0.15, -0.1) is 24.0 Å². The number of nitrogens with one attached hydrogen (secondary N) is 2. The Morgan fingerprint density at radius 2 is 1.89 bits per heavy atom. The molecular weight excluding hydrogens is 453 g/mol. The summed E-state index contributed by atoms with van der Waals surface area (Å²) in [6.07, 6.45) is 10.7.